The lowest BCUT2D eigenvalue weighted by Gasteiger charge is -2.19. The average Bonchev–Trinajstić information content (AvgIpc) is 2.54. The molecule has 0 bridgehead atoms. The number of carboxylic acid groups (broad SMARTS) is 1. The molecule has 0 saturated carbocycles. The molecule has 1 unspecified atom stereocenters. The lowest BCUT2D eigenvalue weighted by Crippen LogP contribution is -2.13. The van der Waals surface area contributed by atoms with E-state index in [-0.39, 0.29) is 0 Å². The van der Waals surface area contributed by atoms with Gasteiger partial charge in [0.1, 0.15) is 5.75 Å². The quantitative estimate of drug-likeness (QED) is 0.800. The third-order valence-electron chi connectivity index (χ3n) is 3.78. The first kappa shape index (κ1) is 16.9. The Hall–Kier alpha value is -2.49. The van der Waals surface area contributed by atoms with Crippen LogP contribution in [-0.4, -0.2) is 18.2 Å². The van der Waals surface area contributed by atoms with E-state index in [4.69, 9.17) is 9.47 Å². The molecule has 1 N–H and O–H groups in total. The third-order valence-corrected chi connectivity index (χ3v) is 3.78. The van der Waals surface area contributed by atoms with Crippen LogP contribution in [0, 0.1) is 6.92 Å². The molecule has 4 nitrogen and oxygen atoms in total. The van der Waals surface area contributed by atoms with E-state index in [1.807, 2.05) is 38.1 Å². The van der Waals surface area contributed by atoms with Gasteiger partial charge in [-0.25, -0.2) is 0 Å². The van der Waals surface area contributed by atoms with Crippen molar-refractivity contribution in [3.05, 3.63) is 53.6 Å². The number of carbonyl (C=O) groups is 1. The van der Waals surface area contributed by atoms with Crippen molar-refractivity contribution in [2.45, 2.75) is 32.6 Å². The Bertz CT molecular complexity index is 679. The van der Waals surface area contributed by atoms with Gasteiger partial charge in [0.05, 0.1) is 13.0 Å². The molecule has 0 aliphatic heterocycles. The van der Waals surface area contributed by atoms with Gasteiger partial charge in [0.15, 0.2) is 11.5 Å². The van der Waals surface area contributed by atoms with Crippen LogP contribution in [0.15, 0.2) is 42.5 Å². The summed E-state index contributed by atoms with van der Waals surface area (Å²) in [6.07, 6.45) is 1.34. The highest BCUT2D eigenvalue weighted by atomic mass is 16.5. The normalized spacial score (nSPS) is 11.8. The van der Waals surface area contributed by atoms with Gasteiger partial charge in [-0.1, -0.05) is 43.7 Å². The second kappa shape index (κ2) is 7.68. The van der Waals surface area contributed by atoms with Crippen molar-refractivity contribution in [1.82, 2.24) is 0 Å². The minimum absolute atomic E-state index is 0.483. The van der Waals surface area contributed by atoms with Gasteiger partial charge < -0.3 is 14.6 Å². The van der Waals surface area contributed by atoms with E-state index in [0.717, 1.165) is 17.7 Å². The standard InChI is InChI=1S/C19H22O4/c1-4-8-15(19(20)21)14-10-7-12-17(18(14)22-3)23-16-11-6-5-9-13(16)2/h5-7,9-12,15H,4,8H2,1-3H3,(H,20,21). The highest BCUT2D eigenvalue weighted by molar-refractivity contribution is 5.78. The number of methoxy groups -OCH3 is 1. The largest absolute Gasteiger partial charge is 0.493 e. The molecule has 0 fully saturated rings. The molecular formula is C19H22O4. The highest BCUT2D eigenvalue weighted by Crippen LogP contribution is 2.40. The number of aryl methyl sites for hydroxylation is 1. The number of ether oxygens (including phenoxy) is 2. The summed E-state index contributed by atoms with van der Waals surface area (Å²) in [4.78, 5) is 11.6. The van der Waals surface area contributed by atoms with E-state index >= 15 is 0 Å². The van der Waals surface area contributed by atoms with E-state index < -0.39 is 11.9 Å². The Morgan fingerprint density at radius 3 is 2.43 bits per heavy atom. The monoisotopic (exact) mass is 314 g/mol. The topological polar surface area (TPSA) is 55.8 Å². The first-order valence-corrected chi connectivity index (χ1v) is 7.71. The number of rotatable bonds is 7. The van der Waals surface area contributed by atoms with Gasteiger partial charge in [0.2, 0.25) is 0 Å². The van der Waals surface area contributed by atoms with Gasteiger partial charge in [-0.15, -0.1) is 0 Å². The zero-order valence-corrected chi connectivity index (χ0v) is 13.7. The van der Waals surface area contributed by atoms with Crippen molar-refractivity contribution in [3.8, 4) is 17.2 Å². The van der Waals surface area contributed by atoms with Gasteiger partial charge in [-0.3, -0.25) is 4.79 Å². The summed E-state index contributed by atoms with van der Waals surface area (Å²) in [5.41, 5.74) is 1.65. The van der Waals surface area contributed by atoms with Crippen molar-refractivity contribution >= 4 is 5.97 Å². The third kappa shape index (κ3) is 3.83. The Labute approximate surface area is 136 Å². The fourth-order valence-corrected chi connectivity index (χ4v) is 2.60. The van der Waals surface area contributed by atoms with Crippen LogP contribution < -0.4 is 9.47 Å². The molecule has 2 rings (SSSR count). The Balaban J connectivity index is 2.44. The number of hydrogen-bond donors (Lipinski definition) is 1. The van der Waals surface area contributed by atoms with Crippen LogP contribution >= 0.6 is 0 Å². The SMILES string of the molecule is CCCC(C(=O)O)c1cccc(Oc2ccccc2C)c1OC. The summed E-state index contributed by atoms with van der Waals surface area (Å²) in [5, 5.41) is 9.51. The number of hydrogen-bond acceptors (Lipinski definition) is 3. The van der Waals surface area contributed by atoms with Crippen LogP contribution in [0.4, 0.5) is 0 Å². The van der Waals surface area contributed by atoms with Gasteiger partial charge in [0, 0.05) is 5.56 Å². The molecule has 1 atom stereocenters. The zero-order valence-electron chi connectivity index (χ0n) is 13.7. The van der Waals surface area contributed by atoms with Crippen molar-refractivity contribution in [3.63, 3.8) is 0 Å². The molecule has 0 aliphatic carbocycles. The van der Waals surface area contributed by atoms with Crippen LogP contribution in [-0.2, 0) is 4.79 Å². The maximum atomic E-state index is 11.6. The van der Waals surface area contributed by atoms with Gasteiger partial charge >= 0.3 is 5.97 Å². The predicted octanol–water partition coefficient (Wildman–Crippen LogP) is 4.76. The fraction of sp³-hybridized carbons (Fsp3) is 0.316. The summed E-state index contributed by atoms with van der Waals surface area (Å²) in [7, 11) is 1.54. The fourth-order valence-electron chi connectivity index (χ4n) is 2.60. The molecular weight excluding hydrogens is 292 g/mol. The molecule has 2 aromatic carbocycles. The number of carboxylic acids is 1. The van der Waals surface area contributed by atoms with E-state index in [2.05, 4.69) is 0 Å². The maximum Gasteiger partial charge on any atom is 0.311 e. The summed E-state index contributed by atoms with van der Waals surface area (Å²) in [5.74, 6) is 0.289. The van der Waals surface area contributed by atoms with Crippen molar-refractivity contribution < 1.29 is 19.4 Å². The van der Waals surface area contributed by atoms with Crippen LogP contribution in [0.1, 0.15) is 36.8 Å². The molecule has 0 aromatic heterocycles. The second-order valence-corrected chi connectivity index (χ2v) is 5.43. The number of aliphatic carboxylic acids is 1. The minimum Gasteiger partial charge on any atom is -0.493 e. The van der Waals surface area contributed by atoms with Crippen molar-refractivity contribution in [2.24, 2.45) is 0 Å². The average molecular weight is 314 g/mol. The highest BCUT2D eigenvalue weighted by Gasteiger charge is 2.24. The van der Waals surface area contributed by atoms with Crippen molar-refractivity contribution in [1.29, 1.82) is 0 Å². The molecule has 0 saturated heterocycles. The van der Waals surface area contributed by atoms with Gasteiger partial charge in [0.25, 0.3) is 0 Å². The minimum atomic E-state index is -0.849. The second-order valence-electron chi connectivity index (χ2n) is 5.43. The van der Waals surface area contributed by atoms with Gasteiger partial charge in [-0.05, 0) is 31.0 Å². The van der Waals surface area contributed by atoms with Crippen LogP contribution in [0.25, 0.3) is 0 Å². The first-order chi connectivity index (χ1) is 11.1. The van der Waals surface area contributed by atoms with E-state index in [0.29, 0.717) is 23.5 Å². The molecule has 122 valence electrons. The molecule has 0 heterocycles. The Kier molecular flexibility index (Phi) is 5.63. The van der Waals surface area contributed by atoms with Crippen LogP contribution in [0.2, 0.25) is 0 Å². The van der Waals surface area contributed by atoms with Crippen LogP contribution in [0.5, 0.6) is 17.2 Å². The Morgan fingerprint density at radius 1 is 1.13 bits per heavy atom. The summed E-state index contributed by atoms with van der Waals surface area (Å²) in [6, 6.07) is 13.1. The molecule has 4 heteroatoms. The molecule has 0 aliphatic rings. The summed E-state index contributed by atoms with van der Waals surface area (Å²) in [6.45, 7) is 3.93. The zero-order chi connectivity index (χ0) is 16.8. The number of para-hydroxylation sites is 2. The summed E-state index contributed by atoms with van der Waals surface area (Å²) < 4.78 is 11.4. The molecule has 0 amide bonds. The smallest absolute Gasteiger partial charge is 0.311 e. The lowest BCUT2D eigenvalue weighted by atomic mass is 9.93. The van der Waals surface area contributed by atoms with E-state index in [1.165, 1.54) is 7.11 Å². The molecule has 0 radical (unpaired) electrons. The van der Waals surface area contributed by atoms with Gasteiger partial charge in [-0.2, -0.15) is 0 Å². The summed E-state index contributed by atoms with van der Waals surface area (Å²) >= 11 is 0. The molecule has 0 spiro atoms. The van der Waals surface area contributed by atoms with E-state index in [9.17, 15) is 9.90 Å². The first-order valence-electron chi connectivity index (χ1n) is 7.71. The lowest BCUT2D eigenvalue weighted by molar-refractivity contribution is -0.139. The number of benzene rings is 2. The molecule has 23 heavy (non-hydrogen) atoms. The predicted molar refractivity (Wildman–Crippen MR) is 89.5 cm³/mol. The molecule has 2 aromatic rings. The maximum absolute atomic E-state index is 11.6. The van der Waals surface area contributed by atoms with Crippen LogP contribution in [0.3, 0.4) is 0 Å². The Morgan fingerprint density at radius 2 is 1.83 bits per heavy atom. The van der Waals surface area contributed by atoms with E-state index in [1.54, 1.807) is 18.2 Å². The van der Waals surface area contributed by atoms with Crippen molar-refractivity contribution in [2.75, 3.05) is 7.11 Å².